The topological polar surface area (TPSA) is 75.7 Å². The SMILES string of the molecule is CC#CC(=O)NC1CCN(C(=O)c2cccc(C(=O)OC)c2)C1. The minimum Gasteiger partial charge on any atom is -0.465 e. The summed E-state index contributed by atoms with van der Waals surface area (Å²) in [6.45, 7) is 2.57. The third-order valence-electron chi connectivity index (χ3n) is 3.58. The molecule has 2 rings (SSSR count). The molecule has 1 N–H and O–H groups in total. The molecule has 0 bridgehead atoms. The van der Waals surface area contributed by atoms with Gasteiger partial charge >= 0.3 is 5.97 Å². The van der Waals surface area contributed by atoms with E-state index in [1.54, 1.807) is 30.0 Å². The highest BCUT2D eigenvalue weighted by Crippen LogP contribution is 2.15. The van der Waals surface area contributed by atoms with Crippen LogP contribution in [0.15, 0.2) is 24.3 Å². The van der Waals surface area contributed by atoms with Crippen LogP contribution in [-0.4, -0.2) is 48.9 Å². The largest absolute Gasteiger partial charge is 0.465 e. The maximum Gasteiger partial charge on any atom is 0.337 e. The number of amides is 2. The highest BCUT2D eigenvalue weighted by atomic mass is 16.5. The van der Waals surface area contributed by atoms with Crippen molar-refractivity contribution in [1.29, 1.82) is 0 Å². The molecular weight excluding hydrogens is 296 g/mol. The van der Waals surface area contributed by atoms with Crippen molar-refractivity contribution in [3.63, 3.8) is 0 Å². The number of carbonyl (C=O) groups excluding carboxylic acids is 3. The van der Waals surface area contributed by atoms with Gasteiger partial charge < -0.3 is 15.0 Å². The molecule has 0 radical (unpaired) electrons. The van der Waals surface area contributed by atoms with E-state index in [2.05, 4.69) is 21.9 Å². The smallest absolute Gasteiger partial charge is 0.337 e. The molecule has 1 aliphatic rings. The van der Waals surface area contributed by atoms with Crippen molar-refractivity contribution in [2.45, 2.75) is 19.4 Å². The zero-order valence-electron chi connectivity index (χ0n) is 13.1. The van der Waals surface area contributed by atoms with E-state index >= 15 is 0 Å². The van der Waals surface area contributed by atoms with Gasteiger partial charge in [0, 0.05) is 24.7 Å². The van der Waals surface area contributed by atoms with Gasteiger partial charge in [-0.05, 0) is 37.5 Å². The fourth-order valence-corrected chi connectivity index (χ4v) is 2.48. The highest BCUT2D eigenvalue weighted by Gasteiger charge is 2.28. The van der Waals surface area contributed by atoms with Crippen LogP contribution in [0.25, 0.3) is 0 Å². The zero-order chi connectivity index (χ0) is 16.8. The molecule has 6 nitrogen and oxygen atoms in total. The van der Waals surface area contributed by atoms with Crippen LogP contribution in [0, 0.1) is 11.8 Å². The molecular formula is C17H18N2O4. The number of esters is 1. The second-order valence-electron chi connectivity index (χ2n) is 5.16. The average Bonchev–Trinajstić information content (AvgIpc) is 3.02. The summed E-state index contributed by atoms with van der Waals surface area (Å²) in [6.07, 6.45) is 0.680. The first kappa shape index (κ1) is 16.6. The lowest BCUT2D eigenvalue weighted by molar-refractivity contribution is -0.116. The summed E-state index contributed by atoms with van der Waals surface area (Å²) in [5, 5.41) is 2.77. The van der Waals surface area contributed by atoms with E-state index in [0.717, 1.165) is 0 Å². The van der Waals surface area contributed by atoms with Crippen molar-refractivity contribution in [2.24, 2.45) is 0 Å². The fourth-order valence-electron chi connectivity index (χ4n) is 2.48. The summed E-state index contributed by atoms with van der Waals surface area (Å²) in [4.78, 5) is 37.1. The predicted octanol–water partition coefficient (Wildman–Crippen LogP) is 0.827. The standard InChI is InChI=1S/C17H18N2O4/c1-3-5-15(20)18-14-8-9-19(11-14)16(21)12-6-4-7-13(10-12)17(22)23-2/h4,6-7,10,14H,8-9,11H2,1-2H3,(H,18,20). The third-order valence-corrected chi connectivity index (χ3v) is 3.58. The molecule has 1 aliphatic heterocycles. The van der Waals surface area contributed by atoms with Gasteiger partial charge in [-0.3, -0.25) is 9.59 Å². The number of hydrogen-bond acceptors (Lipinski definition) is 4. The van der Waals surface area contributed by atoms with E-state index in [0.29, 0.717) is 30.6 Å². The summed E-state index contributed by atoms with van der Waals surface area (Å²) >= 11 is 0. The van der Waals surface area contributed by atoms with Crippen molar-refractivity contribution >= 4 is 17.8 Å². The first-order chi connectivity index (χ1) is 11.0. The van der Waals surface area contributed by atoms with Gasteiger partial charge in [-0.2, -0.15) is 0 Å². The molecule has 0 saturated carbocycles. The number of benzene rings is 1. The predicted molar refractivity (Wildman–Crippen MR) is 83.7 cm³/mol. The van der Waals surface area contributed by atoms with Crippen LogP contribution >= 0.6 is 0 Å². The lowest BCUT2D eigenvalue weighted by Crippen LogP contribution is -2.37. The first-order valence-electron chi connectivity index (χ1n) is 7.26. The van der Waals surface area contributed by atoms with Crippen molar-refractivity contribution in [2.75, 3.05) is 20.2 Å². The van der Waals surface area contributed by atoms with Gasteiger partial charge in [0.1, 0.15) is 0 Å². The Labute approximate surface area is 134 Å². The summed E-state index contributed by atoms with van der Waals surface area (Å²) in [6, 6.07) is 6.31. The Hall–Kier alpha value is -2.81. The fraction of sp³-hybridized carbons (Fsp3) is 0.353. The second kappa shape index (κ2) is 7.45. The number of methoxy groups -OCH3 is 1. The van der Waals surface area contributed by atoms with Crippen molar-refractivity contribution < 1.29 is 19.1 Å². The van der Waals surface area contributed by atoms with Crippen LogP contribution in [0.2, 0.25) is 0 Å². The Kier molecular flexibility index (Phi) is 5.36. The number of rotatable bonds is 3. The monoisotopic (exact) mass is 314 g/mol. The molecule has 2 amide bonds. The number of carbonyl (C=O) groups is 3. The van der Waals surface area contributed by atoms with Crippen LogP contribution in [0.5, 0.6) is 0 Å². The number of nitrogens with one attached hydrogen (secondary N) is 1. The van der Waals surface area contributed by atoms with Crippen molar-refractivity contribution in [3.05, 3.63) is 35.4 Å². The Morgan fingerprint density at radius 1 is 1.30 bits per heavy atom. The lowest BCUT2D eigenvalue weighted by atomic mass is 10.1. The lowest BCUT2D eigenvalue weighted by Gasteiger charge is -2.17. The van der Waals surface area contributed by atoms with E-state index in [4.69, 9.17) is 0 Å². The van der Waals surface area contributed by atoms with E-state index in [9.17, 15) is 14.4 Å². The zero-order valence-corrected chi connectivity index (χ0v) is 13.1. The number of likely N-dealkylation sites (tertiary alicyclic amines) is 1. The number of hydrogen-bond donors (Lipinski definition) is 1. The van der Waals surface area contributed by atoms with Gasteiger partial charge in [-0.15, -0.1) is 0 Å². The summed E-state index contributed by atoms with van der Waals surface area (Å²) in [5.74, 6) is 3.97. The highest BCUT2D eigenvalue weighted by molar-refractivity contribution is 5.98. The van der Waals surface area contributed by atoms with E-state index in [1.165, 1.54) is 13.2 Å². The molecule has 1 aromatic carbocycles. The first-order valence-corrected chi connectivity index (χ1v) is 7.26. The molecule has 0 aliphatic carbocycles. The molecule has 6 heteroatoms. The van der Waals surface area contributed by atoms with Crippen LogP contribution in [0.4, 0.5) is 0 Å². The Morgan fingerprint density at radius 3 is 2.74 bits per heavy atom. The third kappa shape index (κ3) is 4.10. The van der Waals surface area contributed by atoms with Crippen LogP contribution in [0.1, 0.15) is 34.1 Å². The van der Waals surface area contributed by atoms with E-state index in [1.807, 2.05) is 0 Å². The Bertz CT molecular complexity index is 687. The normalized spacial score (nSPS) is 16.3. The molecule has 0 spiro atoms. The van der Waals surface area contributed by atoms with Gasteiger partial charge in [0.25, 0.3) is 11.8 Å². The van der Waals surface area contributed by atoms with Crippen molar-refractivity contribution in [3.8, 4) is 11.8 Å². The molecule has 1 fully saturated rings. The van der Waals surface area contributed by atoms with Gasteiger partial charge in [0.15, 0.2) is 0 Å². The average molecular weight is 314 g/mol. The number of ether oxygens (including phenoxy) is 1. The Morgan fingerprint density at radius 2 is 2.04 bits per heavy atom. The van der Waals surface area contributed by atoms with Crippen LogP contribution in [0.3, 0.4) is 0 Å². The maximum absolute atomic E-state index is 12.5. The molecule has 1 heterocycles. The quantitative estimate of drug-likeness (QED) is 0.662. The summed E-state index contributed by atoms with van der Waals surface area (Å²) in [5.41, 5.74) is 0.758. The molecule has 23 heavy (non-hydrogen) atoms. The van der Waals surface area contributed by atoms with E-state index < -0.39 is 5.97 Å². The van der Waals surface area contributed by atoms with E-state index in [-0.39, 0.29) is 17.9 Å². The van der Waals surface area contributed by atoms with Crippen LogP contribution in [-0.2, 0) is 9.53 Å². The molecule has 120 valence electrons. The minimum atomic E-state index is -0.482. The maximum atomic E-state index is 12.5. The van der Waals surface area contributed by atoms with Crippen molar-refractivity contribution in [1.82, 2.24) is 10.2 Å². The van der Waals surface area contributed by atoms with Gasteiger partial charge in [0.05, 0.1) is 12.7 Å². The molecule has 0 aromatic heterocycles. The second-order valence-corrected chi connectivity index (χ2v) is 5.16. The van der Waals surface area contributed by atoms with Gasteiger partial charge in [-0.25, -0.2) is 4.79 Å². The van der Waals surface area contributed by atoms with Gasteiger partial charge in [0.2, 0.25) is 0 Å². The molecule has 1 atom stereocenters. The molecule has 1 unspecified atom stereocenters. The summed E-state index contributed by atoms with van der Waals surface area (Å²) < 4.78 is 4.66. The number of nitrogens with zero attached hydrogens (tertiary/aromatic N) is 1. The van der Waals surface area contributed by atoms with Gasteiger partial charge in [-0.1, -0.05) is 12.0 Å². The van der Waals surface area contributed by atoms with Crippen LogP contribution < -0.4 is 5.32 Å². The Balaban J connectivity index is 2.03. The molecule has 1 aromatic rings. The molecule has 1 saturated heterocycles. The minimum absolute atomic E-state index is 0.101. The summed E-state index contributed by atoms with van der Waals surface area (Å²) in [7, 11) is 1.30.